The molecule has 2 fully saturated rings. The first kappa shape index (κ1) is 16.0. The van der Waals surface area contributed by atoms with Gasteiger partial charge in [-0.15, -0.1) is 0 Å². The highest BCUT2D eigenvalue weighted by Gasteiger charge is 2.44. The molecule has 7 heteroatoms. The van der Waals surface area contributed by atoms with Crippen molar-refractivity contribution in [3.05, 3.63) is 22.7 Å². The van der Waals surface area contributed by atoms with E-state index >= 15 is 0 Å². The number of nitrogens with zero attached hydrogens (tertiary/aromatic N) is 4. The Hall–Kier alpha value is -1.89. The van der Waals surface area contributed by atoms with Crippen molar-refractivity contribution in [1.82, 2.24) is 14.5 Å². The van der Waals surface area contributed by atoms with Crippen LogP contribution < -0.4 is 10.5 Å². The molecule has 0 radical (unpaired) electrons. The molecule has 0 bridgehead atoms. The Morgan fingerprint density at radius 3 is 2.74 bits per heavy atom. The standard InChI is InChI=1S/C16H24N4O3/c1-2-18-11-7-17-13(14(18)21)20-10-5-6-16(23,12-20)15(22)19-8-3-4-9-19/h7,11,23H,2-6,8-10,12H2,1H3. The van der Waals surface area contributed by atoms with E-state index in [0.717, 1.165) is 12.8 Å². The van der Waals surface area contributed by atoms with Gasteiger partial charge in [-0.25, -0.2) is 4.98 Å². The topological polar surface area (TPSA) is 78.7 Å². The summed E-state index contributed by atoms with van der Waals surface area (Å²) in [5, 5.41) is 10.9. The summed E-state index contributed by atoms with van der Waals surface area (Å²) < 4.78 is 1.58. The van der Waals surface area contributed by atoms with E-state index in [1.807, 2.05) is 6.92 Å². The molecule has 1 amide bonds. The summed E-state index contributed by atoms with van der Waals surface area (Å²) in [7, 11) is 0. The third kappa shape index (κ3) is 2.97. The minimum absolute atomic E-state index is 0.137. The third-order valence-corrected chi connectivity index (χ3v) is 4.80. The Morgan fingerprint density at radius 1 is 1.30 bits per heavy atom. The summed E-state index contributed by atoms with van der Waals surface area (Å²) in [5.74, 6) is 0.119. The highest BCUT2D eigenvalue weighted by atomic mass is 16.3. The molecule has 126 valence electrons. The van der Waals surface area contributed by atoms with Crippen LogP contribution in [0.1, 0.15) is 32.6 Å². The molecule has 0 saturated carbocycles. The van der Waals surface area contributed by atoms with Crippen LogP contribution in [0.4, 0.5) is 5.82 Å². The number of hydrogen-bond donors (Lipinski definition) is 1. The Labute approximate surface area is 135 Å². The van der Waals surface area contributed by atoms with Crippen molar-refractivity contribution in [1.29, 1.82) is 0 Å². The number of likely N-dealkylation sites (tertiary alicyclic amines) is 1. The first-order valence-corrected chi connectivity index (χ1v) is 8.37. The fourth-order valence-electron chi connectivity index (χ4n) is 3.51. The van der Waals surface area contributed by atoms with Crippen LogP contribution in [0.3, 0.4) is 0 Å². The summed E-state index contributed by atoms with van der Waals surface area (Å²) >= 11 is 0. The zero-order chi connectivity index (χ0) is 16.4. The van der Waals surface area contributed by atoms with E-state index in [1.54, 1.807) is 26.8 Å². The van der Waals surface area contributed by atoms with Gasteiger partial charge < -0.3 is 19.5 Å². The number of anilines is 1. The molecule has 1 aromatic rings. The van der Waals surface area contributed by atoms with E-state index in [2.05, 4.69) is 4.98 Å². The van der Waals surface area contributed by atoms with Crippen molar-refractivity contribution >= 4 is 11.7 Å². The first-order valence-electron chi connectivity index (χ1n) is 8.37. The minimum atomic E-state index is -1.41. The van der Waals surface area contributed by atoms with Gasteiger partial charge in [0.15, 0.2) is 11.4 Å². The minimum Gasteiger partial charge on any atom is -0.378 e. The summed E-state index contributed by atoms with van der Waals surface area (Å²) in [6, 6.07) is 0. The second-order valence-electron chi connectivity index (χ2n) is 6.40. The number of aryl methyl sites for hydroxylation is 1. The number of β-amino-alcohol motifs (C(OH)–C–C–N with tert-alkyl or cyclic N) is 1. The smallest absolute Gasteiger partial charge is 0.293 e. The maximum atomic E-state index is 12.7. The lowest BCUT2D eigenvalue weighted by Gasteiger charge is -2.40. The van der Waals surface area contributed by atoms with E-state index in [-0.39, 0.29) is 18.0 Å². The molecule has 2 aliphatic heterocycles. The van der Waals surface area contributed by atoms with Crippen molar-refractivity contribution in [2.45, 2.75) is 44.8 Å². The molecule has 2 saturated heterocycles. The Balaban J connectivity index is 1.83. The van der Waals surface area contributed by atoms with Crippen molar-refractivity contribution in [2.75, 3.05) is 31.1 Å². The number of aromatic nitrogens is 2. The molecule has 1 unspecified atom stereocenters. The average Bonchev–Trinajstić information content (AvgIpc) is 3.08. The number of aliphatic hydroxyl groups is 1. The van der Waals surface area contributed by atoms with Crippen LogP contribution in [0.2, 0.25) is 0 Å². The van der Waals surface area contributed by atoms with Crippen LogP contribution >= 0.6 is 0 Å². The zero-order valence-electron chi connectivity index (χ0n) is 13.6. The van der Waals surface area contributed by atoms with E-state index < -0.39 is 5.60 Å². The number of carbonyl (C=O) groups excluding carboxylic acids is 1. The summed E-state index contributed by atoms with van der Waals surface area (Å²) in [5.41, 5.74) is -1.59. The zero-order valence-corrected chi connectivity index (χ0v) is 13.6. The molecular weight excluding hydrogens is 296 g/mol. The lowest BCUT2D eigenvalue weighted by molar-refractivity contribution is -0.151. The maximum Gasteiger partial charge on any atom is 0.293 e. The van der Waals surface area contributed by atoms with Crippen molar-refractivity contribution in [3.8, 4) is 0 Å². The molecule has 0 aromatic carbocycles. The molecule has 1 N–H and O–H groups in total. The normalized spacial score (nSPS) is 25.0. The van der Waals surface area contributed by atoms with Gasteiger partial charge >= 0.3 is 0 Å². The van der Waals surface area contributed by atoms with Gasteiger partial charge in [-0.1, -0.05) is 0 Å². The fourth-order valence-corrected chi connectivity index (χ4v) is 3.51. The fraction of sp³-hybridized carbons (Fsp3) is 0.688. The molecule has 0 aliphatic carbocycles. The number of carbonyl (C=O) groups is 1. The quantitative estimate of drug-likeness (QED) is 0.862. The van der Waals surface area contributed by atoms with Crippen LogP contribution in [-0.4, -0.2) is 57.2 Å². The molecule has 3 heterocycles. The van der Waals surface area contributed by atoms with Crippen LogP contribution in [0.15, 0.2) is 17.2 Å². The predicted octanol–water partition coefficient (Wildman–Crippen LogP) is 0.217. The van der Waals surface area contributed by atoms with Gasteiger partial charge in [0.05, 0.1) is 6.54 Å². The summed E-state index contributed by atoms with van der Waals surface area (Å²) in [6.07, 6.45) is 6.33. The third-order valence-electron chi connectivity index (χ3n) is 4.80. The molecule has 1 atom stereocenters. The molecule has 23 heavy (non-hydrogen) atoms. The van der Waals surface area contributed by atoms with E-state index in [9.17, 15) is 14.7 Å². The lowest BCUT2D eigenvalue weighted by Crippen LogP contribution is -2.58. The van der Waals surface area contributed by atoms with E-state index in [4.69, 9.17) is 0 Å². The highest BCUT2D eigenvalue weighted by molar-refractivity contribution is 5.86. The van der Waals surface area contributed by atoms with Crippen LogP contribution in [0.5, 0.6) is 0 Å². The highest BCUT2D eigenvalue weighted by Crippen LogP contribution is 2.26. The van der Waals surface area contributed by atoms with Gasteiger partial charge in [0.2, 0.25) is 0 Å². The second-order valence-corrected chi connectivity index (χ2v) is 6.40. The molecule has 2 aliphatic rings. The van der Waals surface area contributed by atoms with Crippen LogP contribution in [0.25, 0.3) is 0 Å². The average molecular weight is 320 g/mol. The maximum absolute atomic E-state index is 12.7. The molecule has 3 rings (SSSR count). The van der Waals surface area contributed by atoms with Crippen molar-refractivity contribution in [3.63, 3.8) is 0 Å². The molecule has 1 aromatic heterocycles. The second kappa shape index (κ2) is 6.31. The van der Waals surface area contributed by atoms with Gasteiger partial charge in [0, 0.05) is 38.6 Å². The SMILES string of the molecule is CCn1ccnc(N2CCCC(O)(C(=O)N3CCCC3)C2)c1=O. The van der Waals surface area contributed by atoms with Crippen molar-refractivity contribution in [2.24, 2.45) is 0 Å². The Kier molecular flexibility index (Phi) is 4.39. The van der Waals surface area contributed by atoms with Gasteiger partial charge in [0.25, 0.3) is 11.5 Å². The number of rotatable bonds is 3. The van der Waals surface area contributed by atoms with Gasteiger partial charge in [-0.3, -0.25) is 9.59 Å². The van der Waals surface area contributed by atoms with Crippen LogP contribution in [0, 0.1) is 0 Å². The van der Waals surface area contributed by atoms with E-state index in [0.29, 0.717) is 44.8 Å². The number of amides is 1. The lowest BCUT2D eigenvalue weighted by atomic mass is 9.91. The number of piperidine rings is 1. The Bertz CT molecular complexity index is 638. The largest absolute Gasteiger partial charge is 0.378 e. The van der Waals surface area contributed by atoms with Gasteiger partial charge in [0.1, 0.15) is 0 Å². The molecule has 0 spiro atoms. The Morgan fingerprint density at radius 2 is 2.04 bits per heavy atom. The molecule has 7 nitrogen and oxygen atoms in total. The summed E-state index contributed by atoms with van der Waals surface area (Å²) in [6.45, 7) is 4.67. The first-order chi connectivity index (χ1) is 11.0. The van der Waals surface area contributed by atoms with Gasteiger partial charge in [-0.2, -0.15) is 0 Å². The summed E-state index contributed by atoms with van der Waals surface area (Å²) in [4.78, 5) is 32.8. The van der Waals surface area contributed by atoms with Crippen LogP contribution in [-0.2, 0) is 11.3 Å². The van der Waals surface area contributed by atoms with Crippen molar-refractivity contribution < 1.29 is 9.90 Å². The number of hydrogen-bond acceptors (Lipinski definition) is 5. The van der Waals surface area contributed by atoms with E-state index in [1.165, 1.54) is 0 Å². The predicted molar refractivity (Wildman–Crippen MR) is 86.4 cm³/mol. The monoisotopic (exact) mass is 320 g/mol. The van der Waals surface area contributed by atoms with Gasteiger partial charge in [-0.05, 0) is 32.6 Å². The molecular formula is C16H24N4O3.